The van der Waals surface area contributed by atoms with Gasteiger partial charge in [0.25, 0.3) is 5.91 Å². The van der Waals surface area contributed by atoms with E-state index in [-0.39, 0.29) is 17.7 Å². The number of ether oxygens (including phenoxy) is 1. The van der Waals surface area contributed by atoms with Crippen LogP contribution in [0, 0.1) is 5.82 Å². The van der Waals surface area contributed by atoms with Crippen molar-refractivity contribution in [3.05, 3.63) is 93.5 Å². The molecule has 0 fully saturated rings. The van der Waals surface area contributed by atoms with Gasteiger partial charge in [0.1, 0.15) is 23.4 Å². The van der Waals surface area contributed by atoms with Crippen LogP contribution in [0.25, 0.3) is 22.1 Å². The lowest BCUT2D eigenvalue weighted by Crippen LogP contribution is -2.20. The number of amides is 1. The number of carbonyl (C=O) groups is 1. The summed E-state index contributed by atoms with van der Waals surface area (Å²) in [4.78, 5) is 24.8. The largest absolute Gasteiger partial charge is 0.484 e. The molecule has 1 N–H and O–H groups in total. The molecule has 0 bridgehead atoms. The quantitative estimate of drug-likeness (QED) is 0.427. The highest BCUT2D eigenvalue weighted by Crippen LogP contribution is 2.23. The van der Waals surface area contributed by atoms with E-state index >= 15 is 0 Å². The Morgan fingerprint density at radius 3 is 2.63 bits per heavy atom. The third-order valence-corrected chi connectivity index (χ3v) is 4.90. The lowest BCUT2D eigenvalue weighted by atomic mass is 10.1. The Morgan fingerprint density at radius 2 is 1.87 bits per heavy atom. The minimum Gasteiger partial charge on any atom is -0.484 e. The summed E-state index contributed by atoms with van der Waals surface area (Å²) in [6.07, 6.45) is 1.41. The fourth-order valence-electron chi connectivity index (χ4n) is 2.94. The summed E-state index contributed by atoms with van der Waals surface area (Å²) in [5.74, 6) is -0.721. The maximum absolute atomic E-state index is 13.8. The summed E-state index contributed by atoms with van der Waals surface area (Å²) in [7, 11) is 0. The van der Waals surface area contributed by atoms with Crippen LogP contribution in [0.15, 0.2) is 86.7 Å². The highest BCUT2D eigenvalue weighted by molar-refractivity contribution is 9.10. The van der Waals surface area contributed by atoms with Gasteiger partial charge < -0.3 is 14.5 Å². The summed E-state index contributed by atoms with van der Waals surface area (Å²) >= 11 is 3.16. The molecule has 30 heavy (non-hydrogen) atoms. The molecular formula is C23H15BrFNO4. The molecule has 0 radical (unpaired) electrons. The van der Waals surface area contributed by atoms with Crippen molar-refractivity contribution in [1.82, 2.24) is 0 Å². The van der Waals surface area contributed by atoms with Gasteiger partial charge in [-0.05, 0) is 35.9 Å². The van der Waals surface area contributed by atoms with Crippen molar-refractivity contribution in [1.29, 1.82) is 0 Å². The first-order chi connectivity index (χ1) is 14.5. The fourth-order valence-corrected chi connectivity index (χ4v) is 3.27. The predicted molar refractivity (Wildman–Crippen MR) is 116 cm³/mol. The van der Waals surface area contributed by atoms with Crippen molar-refractivity contribution in [2.75, 3.05) is 11.9 Å². The van der Waals surface area contributed by atoms with Gasteiger partial charge in [0.05, 0.1) is 16.6 Å². The summed E-state index contributed by atoms with van der Waals surface area (Å²) < 4.78 is 25.5. The van der Waals surface area contributed by atoms with Crippen LogP contribution in [0.2, 0.25) is 0 Å². The van der Waals surface area contributed by atoms with Crippen molar-refractivity contribution in [3.8, 4) is 16.9 Å². The molecule has 0 saturated carbocycles. The van der Waals surface area contributed by atoms with Gasteiger partial charge in [-0.2, -0.15) is 0 Å². The van der Waals surface area contributed by atoms with Crippen molar-refractivity contribution in [3.63, 3.8) is 0 Å². The van der Waals surface area contributed by atoms with E-state index in [2.05, 4.69) is 21.2 Å². The maximum atomic E-state index is 13.8. The highest BCUT2D eigenvalue weighted by Gasteiger charge is 2.12. The van der Waals surface area contributed by atoms with Gasteiger partial charge in [-0.15, -0.1) is 0 Å². The number of carbonyl (C=O) groups excluding carboxylic acids is 1. The maximum Gasteiger partial charge on any atom is 0.262 e. The Morgan fingerprint density at radius 1 is 1.07 bits per heavy atom. The topological polar surface area (TPSA) is 68.5 Å². The second kappa shape index (κ2) is 8.51. The van der Waals surface area contributed by atoms with Crippen LogP contribution in [-0.4, -0.2) is 12.5 Å². The van der Waals surface area contributed by atoms with Gasteiger partial charge >= 0.3 is 0 Å². The first-order valence-corrected chi connectivity index (χ1v) is 9.79. The molecule has 1 heterocycles. The van der Waals surface area contributed by atoms with Crippen molar-refractivity contribution < 1.29 is 18.3 Å². The number of halogens is 2. The SMILES string of the molecule is O=C(COc1ccc2c(=O)c(-c3ccccc3)coc2c1)Nc1ccc(Br)cc1F. The number of rotatable bonds is 5. The third-order valence-electron chi connectivity index (χ3n) is 4.41. The molecule has 0 saturated heterocycles. The number of benzene rings is 3. The monoisotopic (exact) mass is 467 g/mol. The Labute approximate surface area is 179 Å². The normalized spacial score (nSPS) is 10.7. The van der Waals surface area contributed by atoms with Gasteiger partial charge in [-0.3, -0.25) is 9.59 Å². The van der Waals surface area contributed by atoms with Gasteiger partial charge in [-0.25, -0.2) is 4.39 Å². The Bertz CT molecular complexity index is 1290. The second-order valence-electron chi connectivity index (χ2n) is 6.46. The zero-order valence-corrected chi connectivity index (χ0v) is 17.1. The van der Waals surface area contributed by atoms with E-state index in [1.807, 2.05) is 30.3 Å². The van der Waals surface area contributed by atoms with E-state index in [1.165, 1.54) is 18.4 Å². The van der Waals surface area contributed by atoms with Gasteiger partial charge in [0.15, 0.2) is 12.0 Å². The first-order valence-electron chi connectivity index (χ1n) is 9.00. The van der Waals surface area contributed by atoms with E-state index < -0.39 is 11.7 Å². The van der Waals surface area contributed by atoms with Gasteiger partial charge in [-0.1, -0.05) is 46.3 Å². The number of nitrogens with one attached hydrogen (secondary N) is 1. The number of fused-ring (bicyclic) bond motifs is 1. The third kappa shape index (κ3) is 4.26. The molecule has 1 amide bonds. The lowest BCUT2D eigenvalue weighted by molar-refractivity contribution is -0.118. The summed E-state index contributed by atoms with van der Waals surface area (Å²) in [6.45, 7) is -0.326. The van der Waals surface area contributed by atoms with Crippen molar-refractivity contribution in [2.45, 2.75) is 0 Å². The summed E-state index contributed by atoms with van der Waals surface area (Å²) in [5, 5.41) is 2.85. The fraction of sp³-hybridized carbons (Fsp3) is 0.0435. The van der Waals surface area contributed by atoms with E-state index in [0.717, 1.165) is 5.56 Å². The molecule has 0 aliphatic carbocycles. The smallest absolute Gasteiger partial charge is 0.262 e. The predicted octanol–water partition coefficient (Wildman–Crippen LogP) is 5.38. The van der Waals surface area contributed by atoms with Crippen LogP contribution < -0.4 is 15.5 Å². The minimum atomic E-state index is -0.556. The molecule has 4 rings (SSSR count). The van der Waals surface area contributed by atoms with E-state index in [1.54, 1.807) is 24.3 Å². The Hall–Kier alpha value is -3.45. The van der Waals surface area contributed by atoms with Crippen molar-refractivity contribution in [2.24, 2.45) is 0 Å². The van der Waals surface area contributed by atoms with Crippen LogP contribution in [0.3, 0.4) is 0 Å². The zero-order chi connectivity index (χ0) is 21.1. The lowest BCUT2D eigenvalue weighted by Gasteiger charge is -2.09. The van der Waals surface area contributed by atoms with Crippen LogP contribution in [-0.2, 0) is 4.79 Å². The number of hydrogen-bond acceptors (Lipinski definition) is 4. The molecule has 1 aromatic heterocycles. The van der Waals surface area contributed by atoms with Crippen LogP contribution in [0.5, 0.6) is 5.75 Å². The Kier molecular flexibility index (Phi) is 5.63. The van der Waals surface area contributed by atoms with Crippen LogP contribution >= 0.6 is 15.9 Å². The minimum absolute atomic E-state index is 0.0600. The molecule has 0 aliphatic rings. The van der Waals surface area contributed by atoms with Crippen LogP contribution in [0.1, 0.15) is 0 Å². The van der Waals surface area contributed by atoms with Gasteiger partial charge in [0, 0.05) is 10.5 Å². The molecule has 7 heteroatoms. The molecular weight excluding hydrogens is 453 g/mol. The highest BCUT2D eigenvalue weighted by atomic mass is 79.9. The zero-order valence-electron chi connectivity index (χ0n) is 15.5. The Balaban J connectivity index is 1.49. The average molecular weight is 468 g/mol. The molecule has 0 aliphatic heterocycles. The first kappa shape index (κ1) is 19.8. The second-order valence-corrected chi connectivity index (χ2v) is 7.38. The van der Waals surface area contributed by atoms with Crippen molar-refractivity contribution >= 4 is 38.5 Å². The standard InChI is InChI=1S/C23H15BrFNO4/c24-15-6-9-20(19(25)10-15)26-22(27)13-29-16-7-8-17-21(11-16)30-12-18(23(17)28)14-4-2-1-3-5-14/h1-12H,13H2,(H,26,27). The molecule has 5 nitrogen and oxygen atoms in total. The average Bonchev–Trinajstić information content (AvgIpc) is 2.75. The van der Waals surface area contributed by atoms with Gasteiger partial charge in [0.2, 0.25) is 0 Å². The molecule has 4 aromatic rings. The summed E-state index contributed by atoms with van der Waals surface area (Å²) in [6, 6.07) is 18.3. The van der Waals surface area contributed by atoms with E-state index in [0.29, 0.717) is 26.8 Å². The number of hydrogen-bond donors (Lipinski definition) is 1. The van der Waals surface area contributed by atoms with E-state index in [9.17, 15) is 14.0 Å². The molecule has 150 valence electrons. The number of anilines is 1. The van der Waals surface area contributed by atoms with Crippen LogP contribution in [0.4, 0.5) is 10.1 Å². The molecule has 0 spiro atoms. The molecule has 3 aromatic carbocycles. The summed E-state index contributed by atoms with van der Waals surface area (Å²) in [5.41, 5.74) is 1.48. The van der Waals surface area contributed by atoms with E-state index in [4.69, 9.17) is 9.15 Å². The molecule has 0 atom stereocenters. The molecule has 0 unspecified atom stereocenters.